The van der Waals surface area contributed by atoms with Gasteiger partial charge in [-0.05, 0) is 243 Å². The van der Waals surface area contributed by atoms with Crippen LogP contribution in [0.15, 0.2) is 425 Å². The lowest BCUT2D eigenvalue weighted by Gasteiger charge is -2.46. The van der Waals surface area contributed by atoms with Crippen molar-refractivity contribution in [2.75, 3.05) is 10.2 Å². The summed E-state index contributed by atoms with van der Waals surface area (Å²) < 4.78 is 5.15. The van der Waals surface area contributed by atoms with Gasteiger partial charge in [-0.3, -0.25) is 0 Å². The van der Waals surface area contributed by atoms with E-state index in [9.17, 15) is 0 Å². The van der Waals surface area contributed by atoms with Crippen LogP contribution in [0.5, 0.6) is 0 Å². The Hall–Kier alpha value is -13.7. The molecule has 5 heteroatoms. The van der Waals surface area contributed by atoms with Crippen LogP contribution in [-0.2, 0) is 21.7 Å². The normalized spacial score (nSPS) is 13.7. The summed E-state index contributed by atoms with van der Waals surface area (Å²) in [5, 5.41) is 9.22. The molecule has 0 amide bonds. The highest BCUT2D eigenvalue weighted by molar-refractivity contribution is 7.26. The zero-order valence-electron chi connectivity index (χ0n) is 67.6. The monoisotopic (exact) mass is 1630 g/mol. The summed E-state index contributed by atoms with van der Waals surface area (Å²) in [6.07, 6.45) is 0. The van der Waals surface area contributed by atoms with Crippen molar-refractivity contribution < 1.29 is 0 Å². The third kappa shape index (κ3) is 12.5. The first-order chi connectivity index (χ1) is 59.4. The maximum absolute atomic E-state index is 6.46. The minimum absolute atomic E-state index is 0. The Bertz CT molecular complexity index is 7330. The highest BCUT2D eigenvalue weighted by Gasteiger charge is 2.55. The summed E-state index contributed by atoms with van der Waals surface area (Å²) >= 11 is 10.2. The number of hydrogen-bond acceptors (Lipinski definition) is 4. The van der Waals surface area contributed by atoms with Crippen LogP contribution in [0.2, 0.25) is 5.02 Å². The minimum Gasteiger partial charge on any atom is -0.356 e. The molecule has 18 aromatic carbocycles. The van der Waals surface area contributed by atoms with Gasteiger partial charge in [-0.15, -0.1) is 22.7 Å². The maximum atomic E-state index is 6.46. The zero-order valence-corrected chi connectivity index (χ0v) is 69.9. The van der Waals surface area contributed by atoms with Crippen molar-refractivity contribution in [3.63, 3.8) is 0 Å². The SMILES string of the molecule is C.C.CC1(C)c2ccccc2C2(c3ccccc3-c3c(-c4ccc5sc6ccc(Cl)cc6c5c4)cccc32)c2ccccc21.CC1(C)c2ccccc2C2(c3ccccc3-c3c(-c4ccc5sc6ccc(N(c7ccccc7)c7ccc(-c8ccccc8)cc7)cc6c5c4)cccc32)c2ccccc21.c1ccc(Nc2ccc(-c3ccccc3)cc2)cc1. The fourth-order valence-electron chi connectivity index (χ4n) is 20.8. The molecule has 592 valence electrons. The third-order valence-corrected chi connectivity index (χ3v) is 28.8. The Morgan fingerprint density at radius 3 is 0.959 bits per heavy atom. The van der Waals surface area contributed by atoms with E-state index in [1.165, 1.54) is 174 Å². The first-order valence-corrected chi connectivity index (χ1v) is 43.9. The van der Waals surface area contributed by atoms with E-state index < -0.39 is 5.41 Å². The molecule has 4 aliphatic rings. The molecular weight excluding hydrogens is 1540 g/mol. The fraction of sp³-hybridized carbons (Fsp3) is 0.0847. The van der Waals surface area contributed by atoms with E-state index in [4.69, 9.17) is 11.6 Å². The number of nitrogens with zero attached hydrogens (tertiary/aromatic N) is 1. The van der Waals surface area contributed by atoms with Crippen LogP contribution in [0.3, 0.4) is 0 Å². The largest absolute Gasteiger partial charge is 0.356 e. The van der Waals surface area contributed by atoms with Gasteiger partial charge in [-0.1, -0.05) is 370 Å². The zero-order chi connectivity index (χ0) is 81.1. The van der Waals surface area contributed by atoms with Crippen molar-refractivity contribution in [2.45, 2.75) is 64.2 Å². The number of anilines is 5. The molecule has 2 spiro atoms. The van der Waals surface area contributed by atoms with E-state index in [0.29, 0.717) is 0 Å². The van der Waals surface area contributed by atoms with E-state index in [1.54, 1.807) is 0 Å². The van der Waals surface area contributed by atoms with Crippen LogP contribution in [0.1, 0.15) is 109 Å². The van der Waals surface area contributed by atoms with Crippen LogP contribution >= 0.6 is 34.3 Å². The molecule has 2 aromatic heterocycles. The van der Waals surface area contributed by atoms with E-state index in [2.05, 4.69) is 432 Å². The van der Waals surface area contributed by atoms with Crippen LogP contribution in [-0.4, -0.2) is 0 Å². The Morgan fingerprint density at radius 2 is 0.520 bits per heavy atom. The van der Waals surface area contributed by atoms with Gasteiger partial charge in [-0.25, -0.2) is 0 Å². The standard InChI is InChI=1S/C58H41NS.C40H27ClS.C18H15N.2CH4/c1-57(2)49-23-11-13-25-51(49)58(52-26-14-12-24-50(52)57)48-22-10-9-20-45(48)56-44(21-15-27-53(56)58)40-30-34-54-46(36-40)47-37-43(33-35-55(47)60-54)59(41-18-7-4-8-19-41)42-31-28-39(29-32-42)38-16-5-3-6-17-38;1-39(2)31-13-5-7-15-33(31)40(34-16-8-6-14-32(34)39)30-12-4-3-10-27(30)38-26(11-9-17-35(38)40)24-18-20-36-28(22-24)29-23-25(41)19-21-37(29)42-36;1-3-7-15(8-4-1)16-11-13-18(14-12-16)19-17-9-5-2-6-10-17;;/h3-37H,1-2H3;3-23H,1-2H3;1-14,19H;2*1H4. The Balaban J connectivity index is 0.000000132. The van der Waals surface area contributed by atoms with Gasteiger partial charge in [0.1, 0.15) is 0 Å². The molecule has 0 radical (unpaired) electrons. The molecule has 0 fully saturated rings. The highest BCUT2D eigenvalue weighted by Crippen LogP contribution is 2.66. The molecular formula is C118H91ClN2S2. The van der Waals surface area contributed by atoms with Gasteiger partial charge >= 0.3 is 0 Å². The number of halogens is 1. The molecule has 1 N–H and O–H groups in total. The van der Waals surface area contributed by atoms with Crippen LogP contribution < -0.4 is 10.2 Å². The molecule has 24 rings (SSSR count). The van der Waals surface area contributed by atoms with Crippen LogP contribution in [0, 0.1) is 0 Å². The number of rotatable bonds is 9. The lowest BCUT2D eigenvalue weighted by molar-refractivity contribution is 0.563. The molecule has 4 aliphatic carbocycles. The van der Waals surface area contributed by atoms with Crippen molar-refractivity contribution in [1.29, 1.82) is 0 Å². The molecule has 0 saturated carbocycles. The molecule has 2 nitrogen and oxygen atoms in total. The topological polar surface area (TPSA) is 15.3 Å². The van der Waals surface area contributed by atoms with E-state index in [1.807, 2.05) is 53.0 Å². The van der Waals surface area contributed by atoms with Crippen LogP contribution in [0.4, 0.5) is 28.4 Å². The number of thiophene rings is 2. The number of fused-ring (bicyclic) bond motifs is 24. The van der Waals surface area contributed by atoms with E-state index in [-0.39, 0.29) is 31.1 Å². The summed E-state index contributed by atoms with van der Waals surface area (Å²) in [4.78, 5) is 2.38. The van der Waals surface area contributed by atoms with Crippen molar-refractivity contribution in [2.24, 2.45) is 0 Å². The smallest absolute Gasteiger partial charge is 0.0719 e. The summed E-state index contributed by atoms with van der Waals surface area (Å²) in [7, 11) is 0. The van der Waals surface area contributed by atoms with Crippen LogP contribution in [0.25, 0.3) is 107 Å². The van der Waals surface area contributed by atoms with Gasteiger partial charge < -0.3 is 10.2 Å². The number of para-hydroxylation sites is 2. The van der Waals surface area contributed by atoms with Gasteiger partial charge in [0.25, 0.3) is 0 Å². The summed E-state index contributed by atoms with van der Waals surface area (Å²) in [6.45, 7) is 9.54. The van der Waals surface area contributed by atoms with Gasteiger partial charge in [0.05, 0.1) is 10.8 Å². The highest BCUT2D eigenvalue weighted by atomic mass is 35.5. The second kappa shape index (κ2) is 31.1. The van der Waals surface area contributed by atoms with Crippen molar-refractivity contribution >= 4 is 103 Å². The summed E-state index contributed by atoms with van der Waals surface area (Å²) in [5.74, 6) is 0. The Morgan fingerprint density at radius 1 is 0.228 bits per heavy atom. The molecule has 0 aliphatic heterocycles. The average Bonchev–Trinajstić information content (AvgIpc) is 1.55. The molecule has 2 heterocycles. The quantitative estimate of drug-likeness (QED) is 0.155. The van der Waals surface area contributed by atoms with Crippen molar-refractivity contribution in [3.05, 3.63) is 496 Å². The Labute approximate surface area is 735 Å². The van der Waals surface area contributed by atoms with Crippen molar-refractivity contribution in [1.82, 2.24) is 0 Å². The maximum Gasteiger partial charge on any atom is 0.0719 e. The van der Waals surface area contributed by atoms with Gasteiger partial charge in [0, 0.05) is 84.6 Å². The third-order valence-electron chi connectivity index (χ3n) is 26.2. The first-order valence-electron chi connectivity index (χ1n) is 41.9. The Kier molecular flexibility index (Phi) is 19.7. The fourth-order valence-corrected chi connectivity index (χ4v) is 23.1. The van der Waals surface area contributed by atoms with Gasteiger partial charge in [0.15, 0.2) is 0 Å². The lowest BCUT2D eigenvalue weighted by Crippen LogP contribution is -2.40. The molecule has 0 atom stereocenters. The molecule has 0 saturated heterocycles. The number of hydrogen-bond donors (Lipinski definition) is 1. The predicted octanol–water partition coefficient (Wildman–Crippen LogP) is 33.6. The number of nitrogens with one attached hydrogen (secondary N) is 1. The molecule has 123 heavy (non-hydrogen) atoms. The van der Waals surface area contributed by atoms with Gasteiger partial charge in [-0.2, -0.15) is 0 Å². The van der Waals surface area contributed by atoms with E-state index in [0.717, 1.165) is 33.5 Å². The number of benzene rings is 18. The summed E-state index contributed by atoms with van der Waals surface area (Å²) in [5.41, 5.74) is 36.5. The van der Waals surface area contributed by atoms with E-state index >= 15 is 0 Å². The summed E-state index contributed by atoms with van der Waals surface area (Å²) in [6, 6.07) is 156. The average molecular weight is 1640 g/mol. The predicted molar refractivity (Wildman–Crippen MR) is 529 cm³/mol. The van der Waals surface area contributed by atoms with Crippen molar-refractivity contribution in [3.8, 4) is 66.8 Å². The molecule has 0 bridgehead atoms. The first kappa shape index (κ1) is 77.9. The lowest BCUT2D eigenvalue weighted by atomic mass is 9.55. The molecule has 0 unspecified atom stereocenters. The van der Waals surface area contributed by atoms with Gasteiger partial charge in [0.2, 0.25) is 0 Å². The second-order valence-electron chi connectivity index (χ2n) is 33.4. The molecule has 20 aromatic rings. The second-order valence-corrected chi connectivity index (χ2v) is 36.0. The minimum atomic E-state index is -0.418.